The van der Waals surface area contributed by atoms with E-state index in [0.717, 1.165) is 27.4 Å². The molecule has 0 unspecified atom stereocenters. The summed E-state index contributed by atoms with van der Waals surface area (Å²) >= 11 is 9.05. The lowest BCUT2D eigenvalue weighted by Gasteiger charge is -2.11. The van der Waals surface area contributed by atoms with Crippen molar-refractivity contribution in [2.75, 3.05) is 17.3 Å². The van der Waals surface area contributed by atoms with Crippen molar-refractivity contribution in [3.8, 4) is 17.1 Å². The number of amides is 1. The van der Waals surface area contributed by atoms with Crippen LogP contribution in [0.25, 0.3) is 17.1 Å². The molecular weight excluding hydrogens is 460 g/mol. The molecule has 4 rings (SSSR count). The topological polar surface area (TPSA) is 59.8 Å². The van der Waals surface area contributed by atoms with Gasteiger partial charge >= 0.3 is 0 Å². The zero-order valence-electron chi connectivity index (χ0n) is 17.6. The minimum atomic E-state index is -0.0971. The summed E-state index contributed by atoms with van der Waals surface area (Å²) in [6.07, 6.45) is 2.01. The molecule has 0 spiro atoms. The van der Waals surface area contributed by atoms with Crippen LogP contribution in [0.5, 0.6) is 0 Å². The van der Waals surface area contributed by atoms with Crippen molar-refractivity contribution < 1.29 is 4.79 Å². The fourth-order valence-electron chi connectivity index (χ4n) is 3.18. The van der Waals surface area contributed by atoms with Gasteiger partial charge in [0.1, 0.15) is 0 Å². The lowest BCUT2D eigenvalue weighted by atomic mass is 10.2. The van der Waals surface area contributed by atoms with Gasteiger partial charge in [0.15, 0.2) is 11.0 Å². The summed E-state index contributed by atoms with van der Waals surface area (Å²) in [4.78, 5) is 13.7. The molecule has 0 saturated heterocycles. The maximum absolute atomic E-state index is 12.6. The number of carbonyl (C=O) groups is 1. The zero-order chi connectivity index (χ0) is 22.5. The Hall–Kier alpha value is -2.74. The first-order valence-corrected chi connectivity index (χ1v) is 12.5. The molecule has 0 aliphatic rings. The number of nitrogens with one attached hydrogen (secondary N) is 1. The van der Waals surface area contributed by atoms with Crippen molar-refractivity contribution in [3.63, 3.8) is 0 Å². The van der Waals surface area contributed by atoms with Gasteiger partial charge in [0.2, 0.25) is 5.91 Å². The van der Waals surface area contributed by atoms with Crippen molar-refractivity contribution in [1.29, 1.82) is 0 Å². The molecule has 162 valence electrons. The zero-order valence-corrected chi connectivity index (χ0v) is 20.0. The molecule has 0 saturated carbocycles. The number of hydrogen-bond donors (Lipinski definition) is 1. The third kappa shape index (κ3) is 5.35. The summed E-state index contributed by atoms with van der Waals surface area (Å²) in [5.74, 6) is 0.816. The quantitative estimate of drug-likeness (QED) is 0.312. The van der Waals surface area contributed by atoms with Crippen LogP contribution in [0.4, 0.5) is 5.69 Å². The molecule has 8 heteroatoms. The second-order valence-electron chi connectivity index (χ2n) is 7.06. The third-order valence-corrected chi connectivity index (χ3v) is 6.59. The molecule has 4 aromatic rings. The average Bonchev–Trinajstić information content (AvgIpc) is 3.22. The number of hydrogen-bond acceptors (Lipinski definition) is 5. The van der Waals surface area contributed by atoms with Crippen LogP contribution < -0.4 is 5.32 Å². The van der Waals surface area contributed by atoms with Gasteiger partial charge in [0.25, 0.3) is 0 Å². The summed E-state index contributed by atoms with van der Waals surface area (Å²) in [5, 5.41) is 13.1. The van der Waals surface area contributed by atoms with Crippen molar-refractivity contribution in [2.24, 2.45) is 0 Å². The molecule has 1 N–H and O–H groups in total. The number of rotatable bonds is 7. The van der Waals surface area contributed by atoms with Crippen LogP contribution >= 0.6 is 35.1 Å². The van der Waals surface area contributed by atoms with Crippen LogP contribution in [0.3, 0.4) is 0 Å². The molecule has 32 heavy (non-hydrogen) atoms. The summed E-state index contributed by atoms with van der Waals surface area (Å²) in [6.45, 7) is 2.04. The van der Waals surface area contributed by atoms with Gasteiger partial charge in [0, 0.05) is 26.9 Å². The smallest absolute Gasteiger partial charge is 0.234 e. The van der Waals surface area contributed by atoms with Gasteiger partial charge in [-0.2, -0.15) is 0 Å². The lowest BCUT2D eigenvalue weighted by Crippen LogP contribution is -2.14. The molecular formula is C24H21ClN4OS2. The van der Waals surface area contributed by atoms with E-state index in [1.807, 2.05) is 84.5 Å². The number of benzene rings is 3. The number of nitrogens with zero attached hydrogens (tertiary/aromatic N) is 3. The minimum absolute atomic E-state index is 0.0971. The number of halogens is 1. The lowest BCUT2D eigenvalue weighted by molar-refractivity contribution is -0.113. The minimum Gasteiger partial charge on any atom is -0.325 e. The van der Waals surface area contributed by atoms with E-state index in [2.05, 4.69) is 21.6 Å². The second kappa shape index (κ2) is 10.3. The molecule has 1 aromatic heterocycles. The molecule has 0 atom stereocenters. The third-order valence-electron chi connectivity index (χ3n) is 4.68. The fraction of sp³-hybridized carbons (Fsp3) is 0.125. The van der Waals surface area contributed by atoms with E-state index in [9.17, 15) is 4.79 Å². The highest BCUT2D eigenvalue weighted by molar-refractivity contribution is 7.99. The fourth-order valence-corrected chi connectivity index (χ4v) is 4.51. The Labute approximate surface area is 200 Å². The van der Waals surface area contributed by atoms with E-state index in [0.29, 0.717) is 16.0 Å². The van der Waals surface area contributed by atoms with Crippen LogP contribution in [0.15, 0.2) is 82.8 Å². The Kier molecular flexibility index (Phi) is 7.19. The molecule has 0 radical (unpaired) electrons. The molecule has 0 aliphatic carbocycles. The maximum Gasteiger partial charge on any atom is 0.234 e. The van der Waals surface area contributed by atoms with Crippen LogP contribution in [-0.4, -0.2) is 32.7 Å². The Balaban J connectivity index is 1.59. The van der Waals surface area contributed by atoms with E-state index in [1.54, 1.807) is 11.8 Å². The highest BCUT2D eigenvalue weighted by atomic mass is 35.5. The number of aryl methyl sites for hydroxylation is 1. The molecule has 5 nitrogen and oxygen atoms in total. The van der Waals surface area contributed by atoms with Crippen LogP contribution in [0, 0.1) is 6.92 Å². The highest BCUT2D eigenvalue weighted by Crippen LogP contribution is 2.29. The molecule has 0 fully saturated rings. The molecule has 0 bridgehead atoms. The first kappa shape index (κ1) is 22.5. The Bertz CT molecular complexity index is 1240. The van der Waals surface area contributed by atoms with Gasteiger partial charge in [-0.3, -0.25) is 9.36 Å². The second-order valence-corrected chi connectivity index (χ2v) is 9.31. The van der Waals surface area contributed by atoms with Crippen molar-refractivity contribution >= 4 is 46.7 Å². The highest BCUT2D eigenvalue weighted by Gasteiger charge is 2.17. The standard InChI is InChI=1S/C24H21ClN4OS2/c1-16-5-3-7-20(13-16)29-23(17-9-11-18(25)12-10-17)27-28-24(29)32-15-22(30)26-19-6-4-8-21(14-19)31-2/h3-14H,15H2,1-2H3,(H,26,30). The van der Waals surface area contributed by atoms with Gasteiger partial charge in [-0.15, -0.1) is 22.0 Å². The van der Waals surface area contributed by atoms with E-state index in [1.165, 1.54) is 11.8 Å². The van der Waals surface area contributed by atoms with Crippen LogP contribution in [0.1, 0.15) is 5.56 Å². The first-order valence-electron chi connectivity index (χ1n) is 9.88. The number of aromatic nitrogens is 3. The van der Waals surface area contributed by atoms with Gasteiger partial charge in [-0.25, -0.2) is 0 Å². The normalized spacial score (nSPS) is 10.8. The Morgan fingerprint density at radius 1 is 1.03 bits per heavy atom. The summed E-state index contributed by atoms with van der Waals surface area (Å²) in [5.41, 5.74) is 3.74. The van der Waals surface area contributed by atoms with Gasteiger partial charge < -0.3 is 5.32 Å². The van der Waals surface area contributed by atoms with E-state index >= 15 is 0 Å². The molecule has 1 amide bonds. The van der Waals surface area contributed by atoms with Crippen molar-refractivity contribution in [2.45, 2.75) is 17.0 Å². The Morgan fingerprint density at radius 3 is 2.56 bits per heavy atom. The Morgan fingerprint density at radius 2 is 1.81 bits per heavy atom. The summed E-state index contributed by atoms with van der Waals surface area (Å²) in [6, 6.07) is 23.4. The number of anilines is 1. The maximum atomic E-state index is 12.6. The van der Waals surface area contributed by atoms with E-state index in [-0.39, 0.29) is 11.7 Å². The van der Waals surface area contributed by atoms with Crippen molar-refractivity contribution in [1.82, 2.24) is 14.8 Å². The van der Waals surface area contributed by atoms with E-state index in [4.69, 9.17) is 11.6 Å². The van der Waals surface area contributed by atoms with Crippen LogP contribution in [-0.2, 0) is 4.79 Å². The molecule has 0 aliphatic heterocycles. The van der Waals surface area contributed by atoms with Gasteiger partial charge in [-0.05, 0) is 73.3 Å². The SMILES string of the molecule is CSc1cccc(NC(=O)CSc2nnc(-c3ccc(Cl)cc3)n2-c2cccc(C)c2)c1. The van der Waals surface area contributed by atoms with E-state index < -0.39 is 0 Å². The molecule has 1 heterocycles. The first-order chi connectivity index (χ1) is 15.5. The summed E-state index contributed by atoms with van der Waals surface area (Å²) < 4.78 is 1.97. The van der Waals surface area contributed by atoms with Gasteiger partial charge in [0.05, 0.1) is 5.75 Å². The average molecular weight is 481 g/mol. The van der Waals surface area contributed by atoms with Gasteiger partial charge in [-0.1, -0.05) is 41.6 Å². The molecule has 3 aromatic carbocycles. The number of thioether (sulfide) groups is 2. The predicted molar refractivity (Wildman–Crippen MR) is 134 cm³/mol. The number of carbonyl (C=O) groups excluding carboxylic acids is 1. The largest absolute Gasteiger partial charge is 0.325 e. The predicted octanol–water partition coefficient (Wildman–Crippen LogP) is 6.35. The van der Waals surface area contributed by atoms with Crippen LogP contribution in [0.2, 0.25) is 5.02 Å². The van der Waals surface area contributed by atoms with Crippen molar-refractivity contribution in [3.05, 3.63) is 83.4 Å². The summed E-state index contributed by atoms with van der Waals surface area (Å²) in [7, 11) is 0. The monoisotopic (exact) mass is 480 g/mol.